The Morgan fingerprint density at radius 2 is 1.44 bits per heavy atom. The van der Waals surface area contributed by atoms with Gasteiger partial charge in [0.25, 0.3) is 11.8 Å². The number of carbonyl (C=O) groups is 4. The van der Waals surface area contributed by atoms with E-state index in [2.05, 4.69) is 0 Å². The van der Waals surface area contributed by atoms with E-state index in [1.807, 2.05) is 0 Å². The lowest BCUT2D eigenvalue weighted by atomic mass is 10.1. The zero-order valence-electron chi connectivity index (χ0n) is 14.2. The topological polar surface area (TPSA) is 78.0 Å². The standard InChI is InChI=1S/C18H21N3O4/c1-13(22)19-9-11-20(12-10-19)16(23)7-4-8-21-17(24)14-5-2-3-6-15(14)18(21)25/h2-3,5-6H,4,7-12H2,1H3. The number of imide groups is 1. The van der Waals surface area contributed by atoms with Crippen LogP contribution in [0, 0.1) is 0 Å². The molecule has 1 saturated heterocycles. The summed E-state index contributed by atoms with van der Waals surface area (Å²) in [5.41, 5.74) is 0.860. The Balaban J connectivity index is 1.48. The van der Waals surface area contributed by atoms with Gasteiger partial charge in [-0.15, -0.1) is 0 Å². The zero-order valence-corrected chi connectivity index (χ0v) is 14.2. The van der Waals surface area contributed by atoms with Crippen LogP contribution in [0.3, 0.4) is 0 Å². The van der Waals surface area contributed by atoms with Crippen molar-refractivity contribution in [3.63, 3.8) is 0 Å². The van der Waals surface area contributed by atoms with Gasteiger partial charge >= 0.3 is 0 Å². The highest BCUT2D eigenvalue weighted by molar-refractivity contribution is 6.21. The van der Waals surface area contributed by atoms with Crippen molar-refractivity contribution in [3.05, 3.63) is 35.4 Å². The summed E-state index contributed by atoms with van der Waals surface area (Å²) in [4.78, 5) is 52.8. The van der Waals surface area contributed by atoms with E-state index >= 15 is 0 Å². The number of rotatable bonds is 4. The summed E-state index contributed by atoms with van der Waals surface area (Å²) in [6.45, 7) is 3.95. The van der Waals surface area contributed by atoms with Gasteiger partial charge in [0.2, 0.25) is 11.8 Å². The van der Waals surface area contributed by atoms with Gasteiger partial charge in [-0.1, -0.05) is 12.1 Å². The molecule has 4 amide bonds. The van der Waals surface area contributed by atoms with Crippen LogP contribution in [0.15, 0.2) is 24.3 Å². The van der Waals surface area contributed by atoms with Crippen LogP contribution in [0.5, 0.6) is 0 Å². The van der Waals surface area contributed by atoms with E-state index < -0.39 is 0 Å². The maximum absolute atomic E-state index is 12.3. The molecule has 3 rings (SSSR count). The minimum atomic E-state index is -0.289. The molecule has 0 saturated carbocycles. The number of carbonyl (C=O) groups excluding carboxylic acids is 4. The Bertz CT molecular complexity index is 688. The van der Waals surface area contributed by atoms with Crippen LogP contribution in [0.25, 0.3) is 0 Å². The minimum Gasteiger partial charge on any atom is -0.339 e. The molecule has 2 aliphatic rings. The van der Waals surface area contributed by atoms with Crippen LogP contribution in [0.1, 0.15) is 40.5 Å². The van der Waals surface area contributed by atoms with Crippen molar-refractivity contribution in [1.82, 2.24) is 14.7 Å². The van der Waals surface area contributed by atoms with E-state index in [4.69, 9.17) is 0 Å². The summed E-state index contributed by atoms with van der Waals surface area (Å²) in [6.07, 6.45) is 0.727. The molecule has 0 radical (unpaired) electrons. The lowest BCUT2D eigenvalue weighted by molar-refractivity contribution is -0.138. The first-order valence-corrected chi connectivity index (χ1v) is 8.47. The Morgan fingerprint density at radius 3 is 1.96 bits per heavy atom. The monoisotopic (exact) mass is 343 g/mol. The Labute approximate surface area is 146 Å². The van der Waals surface area contributed by atoms with E-state index in [0.29, 0.717) is 43.7 Å². The number of hydrogen-bond acceptors (Lipinski definition) is 4. The molecule has 1 aromatic rings. The molecular formula is C18H21N3O4. The van der Waals surface area contributed by atoms with E-state index in [-0.39, 0.29) is 36.6 Å². The molecule has 0 bridgehead atoms. The Hall–Kier alpha value is -2.70. The van der Waals surface area contributed by atoms with Crippen molar-refractivity contribution in [2.45, 2.75) is 19.8 Å². The SMILES string of the molecule is CC(=O)N1CCN(C(=O)CCCN2C(=O)c3ccccc3C2=O)CC1. The molecule has 0 atom stereocenters. The van der Waals surface area contributed by atoms with Crippen LogP contribution in [0.2, 0.25) is 0 Å². The molecule has 1 aromatic carbocycles. The van der Waals surface area contributed by atoms with Gasteiger partial charge in [-0.2, -0.15) is 0 Å². The second-order valence-corrected chi connectivity index (χ2v) is 6.30. The predicted octanol–water partition coefficient (Wildman–Crippen LogP) is 0.753. The third-order valence-corrected chi connectivity index (χ3v) is 4.73. The van der Waals surface area contributed by atoms with Crippen LogP contribution in [-0.4, -0.2) is 71.1 Å². The second kappa shape index (κ2) is 7.04. The molecule has 2 heterocycles. The number of amides is 4. The van der Waals surface area contributed by atoms with Gasteiger partial charge in [0.15, 0.2) is 0 Å². The van der Waals surface area contributed by atoms with E-state index in [1.54, 1.807) is 34.1 Å². The molecule has 0 N–H and O–H groups in total. The quantitative estimate of drug-likeness (QED) is 0.756. The fraction of sp³-hybridized carbons (Fsp3) is 0.444. The van der Waals surface area contributed by atoms with Gasteiger partial charge in [0.05, 0.1) is 11.1 Å². The zero-order chi connectivity index (χ0) is 18.0. The number of benzene rings is 1. The van der Waals surface area contributed by atoms with Crippen LogP contribution >= 0.6 is 0 Å². The molecule has 132 valence electrons. The van der Waals surface area contributed by atoms with Crippen LogP contribution < -0.4 is 0 Å². The molecule has 2 aliphatic heterocycles. The molecular weight excluding hydrogens is 322 g/mol. The first-order chi connectivity index (χ1) is 12.0. The average molecular weight is 343 g/mol. The summed E-state index contributed by atoms with van der Waals surface area (Å²) in [7, 11) is 0. The van der Waals surface area contributed by atoms with Gasteiger partial charge in [-0.25, -0.2) is 0 Å². The first kappa shape index (κ1) is 17.1. The lowest BCUT2D eigenvalue weighted by Crippen LogP contribution is -2.50. The molecule has 1 fully saturated rings. The predicted molar refractivity (Wildman–Crippen MR) is 89.9 cm³/mol. The summed E-state index contributed by atoms with van der Waals surface area (Å²) in [5.74, 6) is -0.552. The Morgan fingerprint density at radius 1 is 0.920 bits per heavy atom. The smallest absolute Gasteiger partial charge is 0.261 e. The highest BCUT2D eigenvalue weighted by Crippen LogP contribution is 2.22. The third kappa shape index (κ3) is 3.40. The summed E-state index contributed by atoms with van der Waals surface area (Å²) < 4.78 is 0. The minimum absolute atomic E-state index is 0.000175. The van der Waals surface area contributed by atoms with Crippen LogP contribution in [-0.2, 0) is 9.59 Å². The second-order valence-electron chi connectivity index (χ2n) is 6.30. The molecule has 0 unspecified atom stereocenters. The highest BCUT2D eigenvalue weighted by atomic mass is 16.2. The largest absolute Gasteiger partial charge is 0.339 e. The maximum Gasteiger partial charge on any atom is 0.261 e. The number of piperazine rings is 1. The maximum atomic E-state index is 12.3. The van der Waals surface area contributed by atoms with Crippen molar-refractivity contribution < 1.29 is 19.2 Å². The highest BCUT2D eigenvalue weighted by Gasteiger charge is 2.34. The van der Waals surface area contributed by atoms with Crippen molar-refractivity contribution in [2.24, 2.45) is 0 Å². The van der Waals surface area contributed by atoms with E-state index in [0.717, 1.165) is 0 Å². The van der Waals surface area contributed by atoms with Gasteiger partial charge in [-0.3, -0.25) is 24.1 Å². The molecule has 7 nitrogen and oxygen atoms in total. The number of fused-ring (bicyclic) bond motifs is 1. The first-order valence-electron chi connectivity index (χ1n) is 8.47. The molecule has 0 aromatic heterocycles. The fourth-order valence-corrected chi connectivity index (χ4v) is 3.26. The van der Waals surface area contributed by atoms with Gasteiger partial charge in [0.1, 0.15) is 0 Å². The van der Waals surface area contributed by atoms with Gasteiger partial charge in [0, 0.05) is 46.1 Å². The van der Waals surface area contributed by atoms with Crippen LogP contribution in [0.4, 0.5) is 0 Å². The van der Waals surface area contributed by atoms with E-state index in [9.17, 15) is 19.2 Å². The summed E-state index contributed by atoms with van der Waals surface area (Å²) >= 11 is 0. The van der Waals surface area contributed by atoms with Gasteiger partial charge in [-0.05, 0) is 18.6 Å². The van der Waals surface area contributed by atoms with Gasteiger partial charge < -0.3 is 9.80 Å². The molecule has 25 heavy (non-hydrogen) atoms. The van der Waals surface area contributed by atoms with Crippen molar-refractivity contribution >= 4 is 23.6 Å². The number of nitrogens with zero attached hydrogens (tertiary/aromatic N) is 3. The third-order valence-electron chi connectivity index (χ3n) is 4.73. The average Bonchev–Trinajstić information content (AvgIpc) is 2.87. The molecule has 0 spiro atoms. The normalized spacial score (nSPS) is 17.1. The lowest BCUT2D eigenvalue weighted by Gasteiger charge is -2.34. The van der Waals surface area contributed by atoms with E-state index in [1.165, 1.54) is 11.8 Å². The Kier molecular flexibility index (Phi) is 4.83. The fourth-order valence-electron chi connectivity index (χ4n) is 3.26. The summed E-state index contributed by atoms with van der Waals surface area (Å²) in [6, 6.07) is 6.76. The van der Waals surface area contributed by atoms with Crippen molar-refractivity contribution in [2.75, 3.05) is 32.7 Å². The number of hydrogen-bond donors (Lipinski definition) is 0. The molecule has 7 heteroatoms. The summed E-state index contributed by atoms with van der Waals surface area (Å²) in [5, 5.41) is 0. The van der Waals surface area contributed by atoms with Crippen molar-refractivity contribution in [1.29, 1.82) is 0 Å². The molecule has 0 aliphatic carbocycles. The van der Waals surface area contributed by atoms with Crippen molar-refractivity contribution in [3.8, 4) is 0 Å².